The summed E-state index contributed by atoms with van der Waals surface area (Å²) in [6.45, 7) is 2.56. The van der Waals surface area contributed by atoms with Gasteiger partial charge in [-0.25, -0.2) is 4.98 Å². The molecule has 0 aliphatic carbocycles. The molecular weight excluding hydrogens is 409 g/mol. The minimum atomic E-state index is -0.281. The normalized spacial score (nSPS) is 11.0. The average molecular weight is 425 g/mol. The largest absolute Gasteiger partial charge is 0.331 e. The first-order chi connectivity index (χ1) is 12.9. The molecule has 5 nitrogen and oxygen atoms in total. The van der Waals surface area contributed by atoms with E-state index >= 15 is 0 Å². The van der Waals surface area contributed by atoms with E-state index < -0.39 is 0 Å². The van der Waals surface area contributed by atoms with Crippen LogP contribution in [-0.4, -0.2) is 27.3 Å². The predicted molar refractivity (Wildman–Crippen MR) is 109 cm³/mol. The van der Waals surface area contributed by atoms with Crippen molar-refractivity contribution >= 4 is 51.6 Å². The Labute approximate surface area is 170 Å². The fraction of sp³-hybridized carbons (Fsp3) is 0.211. The molecule has 0 saturated heterocycles. The summed E-state index contributed by atoms with van der Waals surface area (Å²) >= 11 is 18.2. The van der Waals surface area contributed by atoms with E-state index in [1.807, 2.05) is 6.92 Å². The number of nitrogens with one attached hydrogen (secondary N) is 1. The van der Waals surface area contributed by atoms with Crippen LogP contribution < -0.4 is 5.56 Å². The van der Waals surface area contributed by atoms with Crippen molar-refractivity contribution in [2.75, 3.05) is 6.54 Å². The second kappa shape index (κ2) is 8.30. The van der Waals surface area contributed by atoms with Crippen molar-refractivity contribution in [1.82, 2.24) is 14.9 Å². The van der Waals surface area contributed by atoms with Gasteiger partial charge in [0.15, 0.2) is 0 Å². The van der Waals surface area contributed by atoms with E-state index in [1.54, 1.807) is 41.3 Å². The lowest BCUT2D eigenvalue weighted by molar-refractivity contribution is 0.0739. The summed E-state index contributed by atoms with van der Waals surface area (Å²) in [6.07, 6.45) is 0.730. The number of amides is 1. The van der Waals surface area contributed by atoms with Crippen LogP contribution >= 0.6 is 34.8 Å². The summed E-state index contributed by atoms with van der Waals surface area (Å²) in [4.78, 5) is 34.0. The van der Waals surface area contributed by atoms with Crippen molar-refractivity contribution in [3.63, 3.8) is 0 Å². The molecule has 0 unspecified atom stereocenters. The Morgan fingerprint density at radius 1 is 1.19 bits per heavy atom. The van der Waals surface area contributed by atoms with Gasteiger partial charge >= 0.3 is 0 Å². The topological polar surface area (TPSA) is 66.1 Å². The third-order valence-corrected chi connectivity index (χ3v) is 5.08. The van der Waals surface area contributed by atoms with Crippen LogP contribution in [0.1, 0.15) is 29.5 Å². The molecule has 0 saturated carbocycles. The van der Waals surface area contributed by atoms with Gasteiger partial charge in [-0.1, -0.05) is 47.8 Å². The Morgan fingerprint density at radius 3 is 2.70 bits per heavy atom. The van der Waals surface area contributed by atoms with Gasteiger partial charge in [0.05, 0.1) is 33.1 Å². The Balaban J connectivity index is 1.97. The Bertz CT molecular complexity index is 1070. The fourth-order valence-electron chi connectivity index (χ4n) is 2.78. The number of nitrogens with zero attached hydrogens (tertiary/aromatic N) is 2. The minimum Gasteiger partial charge on any atom is -0.331 e. The van der Waals surface area contributed by atoms with E-state index in [4.69, 9.17) is 34.8 Å². The van der Waals surface area contributed by atoms with E-state index in [1.165, 1.54) is 0 Å². The lowest BCUT2D eigenvalue weighted by Crippen LogP contribution is -2.33. The molecule has 1 N–H and O–H groups in total. The predicted octanol–water partition coefficient (Wildman–Crippen LogP) is 4.94. The highest BCUT2D eigenvalue weighted by Gasteiger charge is 2.20. The van der Waals surface area contributed by atoms with Gasteiger partial charge < -0.3 is 9.88 Å². The van der Waals surface area contributed by atoms with Gasteiger partial charge in [-0.3, -0.25) is 9.59 Å². The molecule has 0 spiro atoms. The zero-order valence-corrected chi connectivity index (χ0v) is 16.7. The average Bonchev–Trinajstić information content (AvgIpc) is 2.62. The summed E-state index contributed by atoms with van der Waals surface area (Å²) < 4.78 is 0. The Hall–Kier alpha value is -2.08. The summed E-state index contributed by atoms with van der Waals surface area (Å²) in [5, 5.41) is 1.44. The van der Waals surface area contributed by atoms with E-state index in [-0.39, 0.29) is 23.0 Å². The van der Waals surface area contributed by atoms with Crippen molar-refractivity contribution in [3.8, 4) is 0 Å². The van der Waals surface area contributed by atoms with E-state index in [0.29, 0.717) is 38.9 Å². The molecule has 0 aliphatic rings. The van der Waals surface area contributed by atoms with E-state index in [9.17, 15) is 9.59 Å². The lowest BCUT2D eigenvalue weighted by Gasteiger charge is -2.22. The molecule has 0 fully saturated rings. The molecule has 1 heterocycles. The van der Waals surface area contributed by atoms with Crippen molar-refractivity contribution in [1.29, 1.82) is 0 Å². The van der Waals surface area contributed by atoms with Crippen LogP contribution in [0.5, 0.6) is 0 Å². The quantitative estimate of drug-likeness (QED) is 0.631. The number of carbonyl (C=O) groups excluding carboxylic acids is 1. The van der Waals surface area contributed by atoms with Gasteiger partial charge in [0.2, 0.25) is 0 Å². The molecule has 0 aliphatic heterocycles. The van der Waals surface area contributed by atoms with E-state index in [2.05, 4.69) is 9.97 Å². The summed E-state index contributed by atoms with van der Waals surface area (Å²) in [5.74, 6) is 0.0907. The third kappa shape index (κ3) is 4.26. The van der Waals surface area contributed by atoms with Crippen LogP contribution in [0.15, 0.2) is 41.2 Å². The van der Waals surface area contributed by atoms with Crippen LogP contribution in [0.4, 0.5) is 0 Å². The number of rotatable bonds is 5. The number of halogens is 3. The second-order valence-corrected chi connectivity index (χ2v) is 7.22. The zero-order chi connectivity index (χ0) is 19.6. The number of H-pyrrole nitrogens is 1. The van der Waals surface area contributed by atoms with Crippen LogP contribution in [0.25, 0.3) is 10.9 Å². The molecule has 27 heavy (non-hydrogen) atoms. The smallest absolute Gasteiger partial charge is 0.258 e. The number of aromatic nitrogens is 2. The molecule has 1 aromatic heterocycles. The molecule has 2 aromatic carbocycles. The maximum absolute atomic E-state index is 13.0. The van der Waals surface area contributed by atoms with Gasteiger partial charge in [0.1, 0.15) is 5.82 Å². The van der Waals surface area contributed by atoms with Gasteiger partial charge in [0, 0.05) is 11.6 Å². The number of hydrogen-bond donors (Lipinski definition) is 1. The fourth-order valence-corrected chi connectivity index (χ4v) is 3.33. The third-order valence-electron chi connectivity index (χ3n) is 4.02. The van der Waals surface area contributed by atoms with E-state index in [0.717, 1.165) is 6.42 Å². The molecule has 0 radical (unpaired) electrons. The minimum absolute atomic E-state index is 0.132. The SMILES string of the molecule is CCCN(Cc1nc2cc(Cl)ccc2c(=O)[nH]1)C(=O)c1cccc(Cl)c1Cl. The number of hydrogen-bond acceptors (Lipinski definition) is 3. The van der Waals surface area contributed by atoms with Crippen LogP contribution in [-0.2, 0) is 6.54 Å². The molecule has 140 valence electrons. The summed E-state index contributed by atoms with van der Waals surface area (Å²) in [6, 6.07) is 9.79. The van der Waals surface area contributed by atoms with Crippen molar-refractivity contribution < 1.29 is 4.79 Å². The van der Waals surface area contributed by atoms with Gasteiger partial charge in [-0.05, 0) is 36.8 Å². The highest BCUT2D eigenvalue weighted by Crippen LogP contribution is 2.27. The van der Waals surface area contributed by atoms with Crippen molar-refractivity contribution in [3.05, 3.63) is 73.2 Å². The molecule has 0 bridgehead atoms. The monoisotopic (exact) mass is 423 g/mol. The number of aromatic amines is 1. The van der Waals surface area contributed by atoms with Gasteiger partial charge in [0.25, 0.3) is 11.5 Å². The molecular formula is C19H16Cl3N3O2. The summed E-state index contributed by atoms with van der Waals surface area (Å²) in [7, 11) is 0. The lowest BCUT2D eigenvalue weighted by atomic mass is 10.2. The van der Waals surface area contributed by atoms with Crippen molar-refractivity contribution in [2.45, 2.75) is 19.9 Å². The molecule has 1 amide bonds. The molecule has 3 rings (SSSR count). The van der Waals surface area contributed by atoms with Crippen LogP contribution in [0.3, 0.4) is 0 Å². The highest BCUT2D eigenvalue weighted by atomic mass is 35.5. The number of benzene rings is 2. The van der Waals surface area contributed by atoms with Crippen LogP contribution in [0, 0.1) is 0 Å². The molecule has 0 atom stereocenters. The number of carbonyl (C=O) groups is 1. The maximum Gasteiger partial charge on any atom is 0.258 e. The van der Waals surface area contributed by atoms with Crippen molar-refractivity contribution in [2.24, 2.45) is 0 Å². The molecule has 3 aromatic rings. The summed E-state index contributed by atoms with van der Waals surface area (Å²) in [5.41, 5.74) is 0.506. The Morgan fingerprint density at radius 2 is 1.96 bits per heavy atom. The standard InChI is InChI=1S/C19H16Cl3N3O2/c1-2-8-25(19(27)13-4-3-5-14(21)17(13)22)10-16-23-15-9-11(20)6-7-12(15)18(26)24-16/h3-7,9H,2,8,10H2,1H3,(H,23,24,26). The highest BCUT2D eigenvalue weighted by molar-refractivity contribution is 6.43. The maximum atomic E-state index is 13.0. The first-order valence-corrected chi connectivity index (χ1v) is 9.46. The first-order valence-electron chi connectivity index (χ1n) is 8.32. The van der Waals surface area contributed by atoms with Gasteiger partial charge in [-0.2, -0.15) is 0 Å². The number of fused-ring (bicyclic) bond motifs is 1. The second-order valence-electron chi connectivity index (χ2n) is 6.00. The zero-order valence-electron chi connectivity index (χ0n) is 14.4. The van der Waals surface area contributed by atoms with Gasteiger partial charge in [-0.15, -0.1) is 0 Å². The van der Waals surface area contributed by atoms with Crippen LogP contribution in [0.2, 0.25) is 15.1 Å². The first kappa shape index (κ1) is 19.7. The molecule has 8 heteroatoms. The Kier molecular flexibility index (Phi) is 6.05.